The Balaban J connectivity index is 1.56. The number of anilines is 2. The number of hydrogen-bond acceptors (Lipinski definition) is 5. The number of para-hydroxylation sites is 1. The van der Waals surface area contributed by atoms with Gasteiger partial charge in [0.25, 0.3) is 5.91 Å². The van der Waals surface area contributed by atoms with Gasteiger partial charge in [0.15, 0.2) is 0 Å². The number of hydrogen-bond donors (Lipinski definition) is 1. The minimum atomic E-state index is -0.0568. The van der Waals surface area contributed by atoms with Gasteiger partial charge in [-0.3, -0.25) is 4.79 Å². The molecule has 29 heavy (non-hydrogen) atoms. The molecule has 1 N–H and O–H groups in total. The van der Waals surface area contributed by atoms with E-state index in [0.29, 0.717) is 31.1 Å². The van der Waals surface area contributed by atoms with Crippen LogP contribution in [0, 0.1) is 0 Å². The monoisotopic (exact) mass is 391 g/mol. The standard InChI is InChI=1S/C23H25N3O3/c1-3-26(19-7-5-4-6-8-19)23(27)18-13-14-24-22(17-18)25-15-16-29-21-11-9-20(28-2)10-12-21/h4-14,17H,3,15-16H2,1-2H3,(H,24,25). The molecule has 0 aliphatic carbocycles. The fourth-order valence-electron chi connectivity index (χ4n) is 2.89. The predicted molar refractivity (Wildman–Crippen MR) is 115 cm³/mol. The van der Waals surface area contributed by atoms with Crippen LogP contribution in [0.3, 0.4) is 0 Å². The van der Waals surface area contributed by atoms with Gasteiger partial charge in [-0.2, -0.15) is 0 Å². The zero-order chi connectivity index (χ0) is 20.5. The fourth-order valence-corrected chi connectivity index (χ4v) is 2.89. The average Bonchev–Trinajstić information content (AvgIpc) is 2.78. The Hall–Kier alpha value is -3.54. The normalized spacial score (nSPS) is 10.3. The number of nitrogens with one attached hydrogen (secondary N) is 1. The maximum atomic E-state index is 12.9. The second-order valence-corrected chi connectivity index (χ2v) is 6.27. The van der Waals surface area contributed by atoms with E-state index >= 15 is 0 Å². The summed E-state index contributed by atoms with van der Waals surface area (Å²) in [5.41, 5.74) is 1.46. The second-order valence-electron chi connectivity index (χ2n) is 6.27. The summed E-state index contributed by atoms with van der Waals surface area (Å²) in [5, 5.41) is 3.20. The van der Waals surface area contributed by atoms with Gasteiger partial charge in [0, 0.05) is 24.0 Å². The fraction of sp³-hybridized carbons (Fsp3) is 0.217. The number of aromatic nitrogens is 1. The number of nitrogens with zero attached hydrogens (tertiary/aromatic N) is 2. The summed E-state index contributed by atoms with van der Waals surface area (Å²) < 4.78 is 10.8. The van der Waals surface area contributed by atoms with Gasteiger partial charge < -0.3 is 19.7 Å². The smallest absolute Gasteiger partial charge is 0.258 e. The van der Waals surface area contributed by atoms with E-state index in [0.717, 1.165) is 17.2 Å². The summed E-state index contributed by atoms with van der Waals surface area (Å²) in [6.45, 7) is 3.58. The Labute approximate surface area is 171 Å². The topological polar surface area (TPSA) is 63.7 Å². The number of methoxy groups -OCH3 is 1. The molecule has 0 atom stereocenters. The summed E-state index contributed by atoms with van der Waals surface area (Å²) in [4.78, 5) is 19.0. The lowest BCUT2D eigenvalue weighted by Gasteiger charge is -2.21. The van der Waals surface area contributed by atoms with E-state index in [4.69, 9.17) is 9.47 Å². The zero-order valence-corrected chi connectivity index (χ0v) is 16.7. The van der Waals surface area contributed by atoms with E-state index in [1.54, 1.807) is 30.3 Å². The van der Waals surface area contributed by atoms with Crippen LogP contribution in [0.2, 0.25) is 0 Å². The SMILES string of the molecule is CCN(C(=O)c1ccnc(NCCOc2ccc(OC)cc2)c1)c1ccccc1. The van der Waals surface area contributed by atoms with E-state index < -0.39 is 0 Å². The Morgan fingerprint density at radius 3 is 2.45 bits per heavy atom. The third kappa shape index (κ3) is 5.48. The zero-order valence-electron chi connectivity index (χ0n) is 16.7. The van der Waals surface area contributed by atoms with E-state index in [1.807, 2.05) is 61.5 Å². The Kier molecular flexibility index (Phi) is 7.05. The average molecular weight is 391 g/mol. The molecule has 3 rings (SSSR count). The van der Waals surface area contributed by atoms with E-state index in [2.05, 4.69) is 10.3 Å². The maximum Gasteiger partial charge on any atom is 0.258 e. The van der Waals surface area contributed by atoms with Crippen LogP contribution in [-0.2, 0) is 0 Å². The summed E-state index contributed by atoms with van der Waals surface area (Å²) >= 11 is 0. The van der Waals surface area contributed by atoms with Gasteiger partial charge in [-0.1, -0.05) is 18.2 Å². The Morgan fingerprint density at radius 2 is 1.76 bits per heavy atom. The predicted octanol–water partition coefficient (Wildman–Crippen LogP) is 4.25. The summed E-state index contributed by atoms with van der Waals surface area (Å²) in [5.74, 6) is 2.14. The number of carbonyl (C=O) groups is 1. The van der Waals surface area contributed by atoms with Crippen molar-refractivity contribution >= 4 is 17.4 Å². The van der Waals surface area contributed by atoms with Crippen LogP contribution in [0.25, 0.3) is 0 Å². The van der Waals surface area contributed by atoms with Crippen molar-refractivity contribution in [1.29, 1.82) is 0 Å². The minimum absolute atomic E-state index is 0.0568. The first-order chi connectivity index (χ1) is 14.2. The molecule has 0 unspecified atom stereocenters. The van der Waals surface area contributed by atoms with Crippen molar-refractivity contribution in [2.75, 3.05) is 37.0 Å². The van der Waals surface area contributed by atoms with Crippen molar-refractivity contribution in [2.24, 2.45) is 0 Å². The van der Waals surface area contributed by atoms with Crippen molar-refractivity contribution < 1.29 is 14.3 Å². The molecule has 0 spiro atoms. The van der Waals surface area contributed by atoms with Crippen LogP contribution in [-0.4, -0.2) is 37.7 Å². The van der Waals surface area contributed by atoms with Gasteiger partial charge >= 0.3 is 0 Å². The van der Waals surface area contributed by atoms with Crippen molar-refractivity contribution in [3.05, 3.63) is 78.5 Å². The van der Waals surface area contributed by atoms with Crippen molar-refractivity contribution in [2.45, 2.75) is 6.92 Å². The highest BCUT2D eigenvalue weighted by Gasteiger charge is 2.16. The van der Waals surface area contributed by atoms with Gasteiger partial charge in [0.1, 0.15) is 23.9 Å². The quantitative estimate of drug-likeness (QED) is 0.553. The van der Waals surface area contributed by atoms with Crippen LogP contribution < -0.4 is 19.7 Å². The first kappa shape index (κ1) is 20.2. The minimum Gasteiger partial charge on any atom is -0.497 e. The second kappa shape index (κ2) is 10.1. The first-order valence-corrected chi connectivity index (χ1v) is 9.55. The molecule has 150 valence electrons. The van der Waals surface area contributed by atoms with Crippen LogP contribution in [0.5, 0.6) is 11.5 Å². The molecule has 0 bridgehead atoms. The number of ether oxygens (including phenoxy) is 2. The van der Waals surface area contributed by atoms with Gasteiger partial charge in [-0.15, -0.1) is 0 Å². The van der Waals surface area contributed by atoms with E-state index in [9.17, 15) is 4.79 Å². The molecule has 0 aliphatic rings. The van der Waals surface area contributed by atoms with Crippen molar-refractivity contribution in [3.63, 3.8) is 0 Å². The van der Waals surface area contributed by atoms with Crippen molar-refractivity contribution in [1.82, 2.24) is 4.98 Å². The van der Waals surface area contributed by atoms with Gasteiger partial charge in [0.05, 0.1) is 13.7 Å². The molecule has 0 saturated carbocycles. The van der Waals surface area contributed by atoms with Crippen LogP contribution in [0.4, 0.5) is 11.5 Å². The molecule has 6 nitrogen and oxygen atoms in total. The molecule has 2 aromatic carbocycles. The van der Waals surface area contributed by atoms with Gasteiger partial charge in [-0.25, -0.2) is 4.98 Å². The molecule has 6 heteroatoms. The highest BCUT2D eigenvalue weighted by molar-refractivity contribution is 6.06. The molecule has 0 fully saturated rings. The van der Waals surface area contributed by atoms with Crippen LogP contribution in [0.15, 0.2) is 72.9 Å². The third-order valence-electron chi connectivity index (χ3n) is 4.37. The molecule has 3 aromatic rings. The van der Waals surface area contributed by atoms with Gasteiger partial charge in [0.2, 0.25) is 0 Å². The number of benzene rings is 2. The molecular formula is C23H25N3O3. The molecule has 0 saturated heterocycles. The highest BCUT2D eigenvalue weighted by atomic mass is 16.5. The number of rotatable bonds is 9. The van der Waals surface area contributed by atoms with E-state index in [-0.39, 0.29) is 5.91 Å². The number of carbonyl (C=O) groups excluding carboxylic acids is 1. The summed E-state index contributed by atoms with van der Waals surface area (Å²) in [7, 11) is 1.63. The highest BCUT2D eigenvalue weighted by Crippen LogP contribution is 2.18. The Morgan fingerprint density at radius 1 is 1.03 bits per heavy atom. The van der Waals surface area contributed by atoms with Crippen LogP contribution >= 0.6 is 0 Å². The van der Waals surface area contributed by atoms with Crippen LogP contribution in [0.1, 0.15) is 17.3 Å². The molecule has 1 amide bonds. The number of amides is 1. The molecular weight excluding hydrogens is 366 g/mol. The lowest BCUT2D eigenvalue weighted by molar-refractivity contribution is 0.0988. The molecule has 1 heterocycles. The summed E-state index contributed by atoms with van der Waals surface area (Å²) in [6, 6.07) is 20.6. The third-order valence-corrected chi connectivity index (χ3v) is 4.37. The number of pyridine rings is 1. The lowest BCUT2D eigenvalue weighted by atomic mass is 10.2. The summed E-state index contributed by atoms with van der Waals surface area (Å²) in [6.07, 6.45) is 1.64. The lowest BCUT2D eigenvalue weighted by Crippen LogP contribution is -2.30. The van der Waals surface area contributed by atoms with Gasteiger partial charge in [-0.05, 0) is 55.5 Å². The maximum absolute atomic E-state index is 12.9. The molecule has 1 aromatic heterocycles. The first-order valence-electron chi connectivity index (χ1n) is 9.55. The largest absolute Gasteiger partial charge is 0.497 e. The molecule has 0 radical (unpaired) electrons. The Bertz CT molecular complexity index is 914. The van der Waals surface area contributed by atoms with Crippen molar-refractivity contribution in [3.8, 4) is 11.5 Å². The molecule has 0 aliphatic heterocycles. The van der Waals surface area contributed by atoms with E-state index in [1.165, 1.54) is 0 Å².